The number of carbonyl (C=O) groups is 1. The van der Waals surface area contributed by atoms with Gasteiger partial charge in [0.05, 0.1) is 27.5 Å². The molecule has 0 aliphatic carbocycles. The summed E-state index contributed by atoms with van der Waals surface area (Å²) in [6, 6.07) is 22.9. The molecular formula is C24H19ClN2O. The zero-order chi connectivity index (χ0) is 19.7. The van der Waals surface area contributed by atoms with Crippen molar-refractivity contribution in [3.8, 4) is 11.3 Å². The molecule has 4 heteroatoms. The van der Waals surface area contributed by atoms with Crippen LogP contribution in [0.5, 0.6) is 0 Å². The molecule has 0 saturated heterocycles. The zero-order valence-electron chi connectivity index (χ0n) is 15.7. The predicted octanol–water partition coefficient (Wildman–Crippen LogP) is 6.42. The van der Waals surface area contributed by atoms with Crippen LogP contribution in [0.15, 0.2) is 72.8 Å². The van der Waals surface area contributed by atoms with Gasteiger partial charge in [0.2, 0.25) is 0 Å². The molecule has 1 amide bonds. The van der Waals surface area contributed by atoms with E-state index in [0.29, 0.717) is 16.3 Å². The second-order valence-corrected chi connectivity index (χ2v) is 7.21. The van der Waals surface area contributed by atoms with Crippen molar-refractivity contribution in [3.05, 3.63) is 94.5 Å². The number of hydrogen-bond donors (Lipinski definition) is 1. The van der Waals surface area contributed by atoms with Crippen LogP contribution in [0, 0.1) is 13.8 Å². The van der Waals surface area contributed by atoms with Gasteiger partial charge in [0, 0.05) is 10.9 Å². The van der Waals surface area contributed by atoms with Gasteiger partial charge in [0.25, 0.3) is 5.91 Å². The topological polar surface area (TPSA) is 42.0 Å². The molecule has 0 bridgehead atoms. The second kappa shape index (κ2) is 7.45. The summed E-state index contributed by atoms with van der Waals surface area (Å²) in [5, 5.41) is 4.23. The first kappa shape index (κ1) is 18.2. The molecule has 3 aromatic carbocycles. The number of carbonyl (C=O) groups excluding carboxylic acids is 1. The van der Waals surface area contributed by atoms with E-state index in [1.54, 1.807) is 12.1 Å². The minimum Gasteiger partial charge on any atom is -0.321 e. The maximum Gasteiger partial charge on any atom is 0.256 e. The van der Waals surface area contributed by atoms with Crippen LogP contribution < -0.4 is 5.32 Å². The molecule has 0 spiro atoms. The number of rotatable bonds is 3. The zero-order valence-corrected chi connectivity index (χ0v) is 16.4. The monoisotopic (exact) mass is 386 g/mol. The number of fused-ring (bicyclic) bond motifs is 1. The maximum absolute atomic E-state index is 13.1. The van der Waals surface area contributed by atoms with Gasteiger partial charge in [-0.3, -0.25) is 4.79 Å². The van der Waals surface area contributed by atoms with Gasteiger partial charge in [-0.1, -0.05) is 54.1 Å². The Labute approximate surface area is 169 Å². The molecule has 0 radical (unpaired) electrons. The average molecular weight is 387 g/mol. The molecule has 1 aromatic heterocycles. The van der Waals surface area contributed by atoms with E-state index >= 15 is 0 Å². The number of aryl methyl sites for hydroxylation is 2. The fraction of sp³-hybridized carbons (Fsp3) is 0.0833. The lowest BCUT2D eigenvalue weighted by molar-refractivity contribution is 0.102. The van der Waals surface area contributed by atoms with Crippen LogP contribution in [-0.4, -0.2) is 10.9 Å². The maximum atomic E-state index is 13.1. The minimum atomic E-state index is -0.211. The number of halogens is 1. The Morgan fingerprint density at radius 1 is 0.893 bits per heavy atom. The van der Waals surface area contributed by atoms with Crippen molar-refractivity contribution in [2.24, 2.45) is 0 Å². The Morgan fingerprint density at radius 2 is 1.64 bits per heavy atom. The third-order valence-corrected chi connectivity index (χ3v) is 5.22. The Bertz CT molecular complexity index is 1200. The summed E-state index contributed by atoms with van der Waals surface area (Å²) >= 11 is 6.21. The molecule has 1 heterocycles. The summed E-state index contributed by atoms with van der Waals surface area (Å²) in [6.07, 6.45) is 0. The number of nitrogens with one attached hydrogen (secondary N) is 1. The van der Waals surface area contributed by atoms with Crippen molar-refractivity contribution in [2.45, 2.75) is 13.8 Å². The Hall–Kier alpha value is -3.17. The number of hydrogen-bond acceptors (Lipinski definition) is 2. The third kappa shape index (κ3) is 3.49. The highest BCUT2D eigenvalue weighted by Gasteiger charge is 2.15. The first-order chi connectivity index (χ1) is 13.5. The van der Waals surface area contributed by atoms with E-state index in [9.17, 15) is 4.79 Å². The number of nitrogens with zero attached hydrogens (tertiary/aromatic N) is 1. The van der Waals surface area contributed by atoms with Crippen LogP contribution in [0.3, 0.4) is 0 Å². The van der Waals surface area contributed by atoms with Crippen LogP contribution in [-0.2, 0) is 0 Å². The summed E-state index contributed by atoms with van der Waals surface area (Å²) in [7, 11) is 0. The van der Waals surface area contributed by atoms with Gasteiger partial charge in [-0.15, -0.1) is 0 Å². The summed E-state index contributed by atoms with van der Waals surface area (Å²) in [4.78, 5) is 17.9. The van der Waals surface area contributed by atoms with Gasteiger partial charge in [-0.05, 0) is 55.3 Å². The number of para-hydroxylation sites is 2. The van der Waals surface area contributed by atoms with Crippen LogP contribution in [0.4, 0.5) is 5.69 Å². The fourth-order valence-electron chi connectivity index (χ4n) is 3.16. The molecule has 0 aliphatic rings. The molecule has 28 heavy (non-hydrogen) atoms. The van der Waals surface area contributed by atoms with E-state index in [4.69, 9.17) is 16.6 Å². The van der Waals surface area contributed by atoms with Gasteiger partial charge in [-0.25, -0.2) is 4.98 Å². The number of pyridine rings is 1. The van der Waals surface area contributed by atoms with Gasteiger partial charge >= 0.3 is 0 Å². The van der Waals surface area contributed by atoms with Crippen molar-refractivity contribution in [3.63, 3.8) is 0 Å². The molecule has 1 N–H and O–H groups in total. The quantitative estimate of drug-likeness (QED) is 0.441. The lowest BCUT2D eigenvalue weighted by Gasteiger charge is -2.12. The first-order valence-electron chi connectivity index (χ1n) is 9.06. The fourth-order valence-corrected chi connectivity index (χ4v) is 3.35. The van der Waals surface area contributed by atoms with E-state index in [1.165, 1.54) is 11.1 Å². The second-order valence-electron chi connectivity index (χ2n) is 6.81. The Morgan fingerprint density at radius 3 is 2.43 bits per heavy atom. The Balaban J connectivity index is 1.83. The molecule has 0 aliphatic heterocycles. The summed E-state index contributed by atoms with van der Waals surface area (Å²) in [6.45, 7) is 4.15. The van der Waals surface area contributed by atoms with Crippen molar-refractivity contribution in [2.75, 3.05) is 5.32 Å². The van der Waals surface area contributed by atoms with Crippen molar-refractivity contribution < 1.29 is 4.79 Å². The van der Waals surface area contributed by atoms with Crippen molar-refractivity contribution in [1.82, 2.24) is 4.98 Å². The largest absolute Gasteiger partial charge is 0.321 e. The van der Waals surface area contributed by atoms with E-state index in [-0.39, 0.29) is 5.91 Å². The van der Waals surface area contributed by atoms with E-state index in [1.807, 2.05) is 48.5 Å². The molecule has 0 fully saturated rings. The number of anilines is 1. The number of benzene rings is 3. The Kier molecular flexibility index (Phi) is 4.84. The van der Waals surface area contributed by atoms with Gasteiger partial charge in [-0.2, -0.15) is 0 Å². The molecule has 0 saturated carbocycles. The molecule has 4 rings (SSSR count). The highest BCUT2D eigenvalue weighted by molar-refractivity contribution is 6.34. The van der Waals surface area contributed by atoms with Crippen molar-refractivity contribution in [1.29, 1.82) is 0 Å². The van der Waals surface area contributed by atoms with E-state index < -0.39 is 0 Å². The third-order valence-electron chi connectivity index (χ3n) is 4.89. The first-order valence-corrected chi connectivity index (χ1v) is 9.44. The number of aromatic nitrogens is 1. The molecular weight excluding hydrogens is 368 g/mol. The van der Waals surface area contributed by atoms with Gasteiger partial charge in [0.15, 0.2) is 0 Å². The van der Waals surface area contributed by atoms with Crippen LogP contribution in [0.25, 0.3) is 22.2 Å². The minimum absolute atomic E-state index is 0.211. The normalized spacial score (nSPS) is 10.8. The van der Waals surface area contributed by atoms with Crippen LogP contribution in [0.2, 0.25) is 5.02 Å². The lowest BCUT2D eigenvalue weighted by atomic mass is 10.0. The van der Waals surface area contributed by atoms with Gasteiger partial charge in [0.1, 0.15) is 0 Å². The van der Waals surface area contributed by atoms with Crippen LogP contribution in [0.1, 0.15) is 21.5 Å². The predicted molar refractivity (Wildman–Crippen MR) is 116 cm³/mol. The molecule has 138 valence electrons. The van der Waals surface area contributed by atoms with Gasteiger partial charge < -0.3 is 5.32 Å². The molecule has 4 aromatic rings. The summed E-state index contributed by atoms with van der Waals surface area (Å²) in [5.41, 5.74) is 6.10. The molecule has 3 nitrogen and oxygen atoms in total. The average Bonchev–Trinajstić information content (AvgIpc) is 2.71. The van der Waals surface area contributed by atoms with Crippen molar-refractivity contribution >= 4 is 34.1 Å². The molecule has 0 unspecified atom stereocenters. The van der Waals surface area contributed by atoms with Crippen LogP contribution >= 0.6 is 11.6 Å². The molecule has 0 atom stereocenters. The van der Waals surface area contributed by atoms with E-state index in [2.05, 4.69) is 31.3 Å². The number of amides is 1. The lowest BCUT2D eigenvalue weighted by Crippen LogP contribution is -2.13. The standard InChI is InChI=1S/C24H19ClN2O/c1-15-11-12-17(13-16(15)2)23-14-19(18-7-3-5-9-21(18)26-23)24(28)27-22-10-6-4-8-20(22)25/h3-14H,1-2H3,(H,27,28). The highest BCUT2D eigenvalue weighted by Crippen LogP contribution is 2.28. The summed E-state index contributed by atoms with van der Waals surface area (Å²) < 4.78 is 0. The van der Waals surface area contributed by atoms with E-state index in [0.717, 1.165) is 22.2 Å². The SMILES string of the molecule is Cc1ccc(-c2cc(C(=O)Nc3ccccc3Cl)c3ccccc3n2)cc1C. The highest BCUT2D eigenvalue weighted by atomic mass is 35.5. The summed E-state index contributed by atoms with van der Waals surface area (Å²) in [5.74, 6) is -0.211. The smallest absolute Gasteiger partial charge is 0.256 e.